The first-order valence-electron chi connectivity index (χ1n) is 9.96. The van der Waals surface area contributed by atoms with Gasteiger partial charge in [0.05, 0.1) is 5.75 Å². The fourth-order valence-electron chi connectivity index (χ4n) is 3.78. The van der Waals surface area contributed by atoms with Crippen LogP contribution in [0.1, 0.15) is 18.4 Å². The molecule has 1 aliphatic rings. The first-order chi connectivity index (χ1) is 13.8. The van der Waals surface area contributed by atoms with Gasteiger partial charge in [-0.25, -0.2) is 0 Å². The second kappa shape index (κ2) is 9.16. The fourth-order valence-corrected chi connectivity index (χ4v) is 4.61. The molecule has 1 fully saturated rings. The molecule has 1 saturated heterocycles. The minimum atomic E-state index is 0.267. The van der Waals surface area contributed by atoms with Gasteiger partial charge in [0.25, 0.3) is 0 Å². The largest absolute Gasteiger partial charge is 0.342 e. The molecule has 4 heteroatoms. The summed E-state index contributed by atoms with van der Waals surface area (Å²) in [7, 11) is 0. The zero-order valence-electron chi connectivity index (χ0n) is 16.0. The number of likely N-dealkylation sites (tertiary alicyclic amines) is 1. The number of carbonyl (C=O) groups excluding carboxylic acids is 1. The van der Waals surface area contributed by atoms with Gasteiger partial charge in [0.2, 0.25) is 5.91 Å². The molecule has 0 aliphatic carbocycles. The molecule has 28 heavy (non-hydrogen) atoms. The molecule has 1 aromatic heterocycles. The van der Waals surface area contributed by atoms with Crippen LogP contribution >= 0.6 is 11.8 Å². The summed E-state index contributed by atoms with van der Waals surface area (Å²) < 4.78 is 2.13. The monoisotopic (exact) mass is 390 g/mol. The van der Waals surface area contributed by atoms with Crippen LogP contribution in [0.15, 0.2) is 84.0 Å². The maximum absolute atomic E-state index is 12.5. The van der Waals surface area contributed by atoms with E-state index in [9.17, 15) is 4.79 Å². The third kappa shape index (κ3) is 4.87. The number of piperidine rings is 1. The molecule has 3 nitrogen and oxygen atoms in total. The number of aromatic nitrogens is 1. The predicted octanol–water partition coefficient (Wildman–Crippen LogP) is 5.05. The average molecular weight is 391 g/mol. The number of amides is 1. The Bertz CT molecular complexity index is 867. The Hall–Kier alpha value is -2.46. The van der Waals surface area contributed by atoms with Crippen molar-refractivity contribution in [1.82, 2.24) is 9.47 Å². The van der Waals surface area contributed by atoms with Crippen molar-refractivity contribution in [1.29, 1.82) is 0 Å². The van der Waals surface area contributed by atoms with Gasteiger partial charge < -0.3 is 9.47 Å². The van der Waals surface area contributed by atoms with Crippen molar-refractivity contribution >= 4 is 17.7 Å². The van der Waals surface area contributed by atoms with Crippen LogP contribution in [0.25, 0.3) is 5.69 Å². The molecule has 0 saturated carbocycles. The van der Waals surface area contributed by atoms with Gasteiger partial charge in [-0.3, -0.25) is 4.79 Å². The highest BCUT2D eigenvalue weighted by Gasteiger charge is 2.22. The molecule has 4 rings (SSSR count). The molecule has 1 aliphatic heterocycles. The van der Waals surface area contributed by atoms with Crippen LogP contribution in [0.4, 0.5) is 0 Å². The highest BCUT2D eigenvalue weighted by Crippen LogP contribution is 2.24. The topological polar surface area (TPSA) is 25.2 Å². The second-order valence-electron chi connectivity index (χ2n) is 7.39. The zero-order chi connectivity index (χ0) is 19.2. The number of hydrogen-bond donors (Lipinski definition) is 0. The highest BCUT2D eigenvalue weighted by molar-refractivity contribution is 8.00. The summed E-state index contributed by atoms with van der Waals surface area (Å²) in [6, 6.07) is 23.1. The fraction of sp³-hybridized carbons (Fsp3) is 0.292. The Morgan fingerprint density at radius 3 is 2.25 bits per heavy atom. The molecule has 0 radical (unpaired) electrons. The van der Waals surface area contributed by atoms with E-state index < -0.39 is 0 Å². The van der Waals surface area contributed by atoms with E-state index in [2.05, 4.69) is 53.4 Å². The summed E-state index contributed by atoms with van der Waals surface area (Å²) in [6.07, 6.45) is 7.44. The average Bonchev–Trinajstić information content (AvgIpc) is 3.29. The molecule has 0 N–H and O–H groups in total. The first kappa shape index (κ1) is 18.9. The summed E-state index contributed by atoms with van der Waals surface area (Å²) in [5.41, 5.74) is 2.59. The number of nitrogens with zero attached hydrogens (tertiary/aromatic N) is 2. The number of hydrogen-bond acceptors (Lipinski definition) is 2. The number of rotatable bonds is 6. The SMILES string of the molecule is O=C(CSc1ccccc1)N1CCC(Cc2ccc(-n3cccc3)cc2)CC1. The summed E-state index contributed by atoms with van der Waals surface area (Å²) in [6.45, 7) is 1.78. The van der Waals surface area contributed by atoms with Gasteiger partial charge in [-0.1, -0.05) is 30.3 Å². The van der Waals surface area contributed by atoms with Crippen molar-refractivity contribution in [2.24, 2.45) is 5.92 Å². The maximum Gasteiger partial charge on any atom is 0.232 e. The van der Waals surface area contributed by atoms with Gasteiger partial charge in [-0.15, -0.1) is 11.8 Å². The van der Waals surface area contributed by atoms with Crippen molar-refractivity contribution < 1.29 is 4.79 Å². The minimum absolute atomic E-state index is 0.267. The van der Waals surface area contributed by atoms with E-state index in [4.69, 9.17) is 0 Å². The minimum Gasteiger partial charge on any atom is -0.342 e. The van der Waals surface area contributed by atoms with E-state index >= 15 is 0 Å². The Morgan fingerprint density at radius 1 is 0.893 bits per heavy atom. The van der Waals surface area contributed by atoms with Gasteiger partial charge in [0.15, 0.2) is 0 Å². The van der Waals surface area contributed by atoms with E-state index in [1.54, 1.807) is 11.8 Å². The van der Waals surface area contributed by atoms with Crippen molar-refractivity contribution in [3.63, 3.8) is 0 Å². The number of thioether (sulfide) groups is 1. The van der Waals surface area contributed by atoms with Crippen molar-refractivity contribution in [3.05, 3.63) is 84.7 Å². The van der Waals surface area contributed by atoms with Gasteiger partial charge in [0.1, 0.15) is 0 Å². The third-order valence-corrected chi connectivity index (χ3v) is 6.43. The molecule has 1 amide bonds. The Kier molecular flexibility index (Phi) is 6.17. The molecule has 0 bridgehead atoms. The third-order valence-electron chi connectivity index (χ3n) is 5.44. The molecular weight excluding hydrogens is 364 g/mol. The van der Waals surface area contributed by atoms with Gasteiger partial charge in [-0.05, 0) is 67.1 Å². The van der Waals surface area contributed by atoms with Crippen LogP contribution in [-0.4, -0.2) is 34.2 Å². The lowest BCUT2D eigenvalue weighted by Gasteiger charge is -2.32. The lowest BCUT2D eigenvalue weighted by molar-refractivity contribution is -0.129. The first-order valence-corrected chi connectivity index (χ1v) is 10.9. The van der Waals surface area contributed by atoms with Gasteiger partial charge in [0, 0.05) is 36.1 Å². The smallest absolute Gasteiger partial charge is 0.232 e. The summed E-state index contributed by atoms with van der Waals surface area (Å²) >= 11 is 1.63. The van der Waals surface area contributed by atoms with Crippen LogP contribution in [0, 0.1) is 5.92 Å². The van der Waals surface area contributed by atoms with Crippen LogP contribution in [0.2, 0.25) is 0 Å². The van der Waals surface area contributed by atoms with E-state index in [0.717, 1.165) is 37.2 Å². The van der Waals surface area contributed by atoms with Crippen LogP contribution in [0.5, 0.6) is 0 Å². The van der Waals surface area contributed by atoms with Crippen molar-refractivity contribution in [2.45, 2.75) is 24.2 Å². The van der Waals surface area contributed by atoms with Gasteiger partial charge in [-0.2, -0.15) is 0 Å². The second-order valence-corrected chi connectivity index (χ2v) is 8.44. The zero-order valence-corrected chi connectivity index (χ0v) is 16.9. The van der Waals surface area contributed by atoms with Crippen LogP contribution < -0.4 is 0 Å². The van der Waals surface area contributed by atoms with Crippen molar-refractivity contribution in [2.75, 3.05) is 18.8 Å². The van der Waals surface area contributed by atoms with Gasteiger partial charge >= 0.3 is 0 Å². The normalized spacial score (nSPS) is 14.9. The Labute approximate surface area is 171 Å². The lowest BCUT2D eigenvalue weighted by atomic mass is 9.90. The van der Waals surface area contributed by atoms with Crippen LogP contribution in [0.3, 0.4) is 0 Å². The molecule has 3 aromatic rings. The van der Waals surface area contributed by atoms with Crippen LogP contribution in [-0.2, 0) is 11.2 Å². The maximum atomic E-state index is 12.5. The van der Waals surface area contributed by atoms with Crippen molar-refractivity contribution in [3.8, 4) is 5.69 Å². The molecular formula is C24H26N2OS. The summed E-state index contributed by atoms with van der Waals surface area (Å²) in [5, 5.41) is 0. The Balaban J connectivity index is 1.23. The summed E-state index contributed by atoms with van der Waals surface area (Å²) in [4.78, 5) is 15.7. The summed E-state index contributed by atoms with van der Waals surface area (Å²) in [5.74, 6) is 1.47. The Morgan fingerprint density at radius 2 is 1.57 bits per heavy atom. The highest BCUT2D eigenvalue weighted by atomic mass is 32.2. The molecule has 0 unspecified atom stereocenters. The molecule has 0 atom stereocenters. The quantitative estimate of drug-likeness (QED) is 0.550. The van der Waals surface area contributed by atoms with E-state index in [1.165, 1.54) is 11.3 Å². The molecule has 2 heterocycles. The number of benzene rings is 2. The van der Waals surface area contributed by atoms with E-state index in [-0.39, 0.29) is 5.91 Å². The van der Waals surface area contributed by atoms with E-state index in [1.807, 2.05) is 35.2 Å². The standard InChI is InChI=1S/C24H26N2OS/c27-24(19-28-23-6-2-1-3-7-23)26-16-12-21(13-17-26)18-20-8-10-22(11-9-20)25-14-4-5-15-25/h1-11,14-15,21H,12-13,16-19H2. The predicted molar refractivity (Wildman–Crippen MR) is 116 cm³/mol. The van der Waals surface area contributed by atoms with E-state index in [0.29, 0.717) is 11.7 Å². The lowest BCUT2D eigenvalue weighted by Crippen LogP contribution is -2.39. The molecule has 144 valence electrons. The molecule has 0 spiro atoms. The number of carbonyl (C=O) groups is 1. The molecule has 2 aromatic carbocycles.